The van der Waals surface area contributed by atoms with Gasteiger partial charge in [0, 0.05) is 11.6 Å². The number of furan rings is 1. The maximum atomic E-state index is 13.2. The molecule has 18 heavy (non-hydrogen) atoms. The number of phenols is 1. The minimum Gasteiger partial charge on any atom is -0.508 e. The average Bonchev–Trinajstić information content (AvgIpc) is 2.85. The summed E-state index contributed by atoms with van der Waals surface area (Å²) in [6, 6.07) is 7.43. The quantitative estimate of drug-likeness (QED) is 0.871. The predicted octanol–water partition coefficient (Wildman–Crippen LogP) is 3.54. The fourth-order valence-electron chi connectivity index (χ4n) is 1.96. The van der Waals surface area contributed by atoms with E-state index in [4.69, 9.17) is 4.42 Å². The van der Waals surface area contributed by atoms with Crippen LogP contribution in [0.3, 0.4) is 0 Å². The summed E-state index contributed by atoms with van der Waals surface area (Å²) in [5.41, 5.74) is 0.536. The van der Waals surface area contributed by atoms with E-state index in [-0.39, 0.29) is 23.7 Å². The highest BCUT2D eigenvalue weighted by Crippen LogP contribution is 2.27. The minimum absolute atomic E-state index is 0.0160. The maximum Gasteiger partial charge on any atom is 0.123 e. The van der Waals surface area contributed by atoms with Crippen LogP contribution in [0.15, 0.2) is 41.0 Å². The van der Waals surface area contributed by atoms with E-state index in [2.05, 4.69) is 5.32 Å². The van der Waals surface area contributed by atoms with Crippen molar-refractivity contribution in [3.05, 3.63) is 53.7 Å². The Morgan fingerprint density at radius 1 is 1.22 bits per heavy atom. The van der Waals surface area contributed by atoms with E-state index < -0.39 is 0 Å². The Balaban J connectivity index is 2.12. The van der Waals surface area contributed by atoms with Crippen LogP contribution in [0.1, 0.15) is 37.3 Å². The molecule has 1 unspecified atom stereocenters. The molecule has 2 aromatic rings. The molecule has 0 aliphatic heterocycles. The van der Waals surface area contributed by atoms with Gasteiger partial charge in [-0.3, -0.25) is 0 Å². The molecule has 2 atom stereocenters. The largest absolute Gasteiger partial charge is 0.508 e. The summed E-state index contributed by atoms with van der Waals surface area (Å²) in [7, 11) is 0. The van der Waals surface area contributed by atoms with Gasteiger partial charge in [0.1, 0.15) is 17.3 Å². The lowest BCUT2D eigenvalue weighted by atomic mass is 10.1. The van der Waals surface area contributed by atoms with Crippen LogP contribution in [0.4, 0.5) is 4.39 Å². The molecule has 2 N–H and O–H groups in total. The van der Waals surface area contributed by atoms with Crippen molar-refractivity contribution in [2.75, 3.05) is 0 Å². The molecule has 0 aliphatic carbocycles. The lowest BCUT2D eigenvalue weighted by molar-refractivity contribution is 0.391. The van der Waals surface area contributed by atoms with Gasteiger partial charge in [-0.2, -0.15) is 0 Å². The van der Waals surface area contributed by atoms with E-state index in [9.17, 15) is 9.50 Å². The molecule has 0 spiro atoms. The summed E-state index contributed by atoms with van der Waals surface area (Å²) in [5, 5.41) is 13.0. The van der Waals surface area contributed by atoms with Crippen molar-refractivity contribution in [2.45, 2.75) is 25.9 Å². The zero-order valence-electron chi connectivity index (χ0n) is 10.4. The summed E-state index contributed by atoms with van der Waals surface area (Å²) < 4.78 is 18.4. The molecule has 0 saturated heterocycles. The molecule has 0 amide bonds. The zero-order valence-corrected chi connectivity index (χ0v) is 10.4. The minimum atomic E-state index is -0.359. The number of hydrogen-bond donors (Lipinski definition) is 2. The van der Waals surface area contributed by atoms with Crippen LogP contribution in [-0.4, -0.2) is 5.11 Å². The van der Waals surface area contributed by atoms with Gasteiger partial charge in [0.25, 0.3) is 0 Å². The normalized spacial score (nSPS) is 14.4. The van der Waals surface area contributed by atoms with Crippen molar-refractivity contribution in [3.8, 4) is 5.75 Å². The third-order valence-corrected chi connectivity index (χ3v) is 2.93. The Labute approximate surface area is 105 Å². The van der Waals surface area contributed by atoms with Gasteiger partial charge in [0.05, 0.1) is 12.3 Å². The van der Waals surface area contributed by atoms with Crippen LogP contribution in [0, 0.1) is 5.82 Å². The standard InChI is InChI=1S/C14H16FNO2/c1-9(12-8-11(15)5-6-13(12)17)16-10(2)14-4-3-7-18-14/h3-10,16-17H,1-2H3/t9?,10-/m0/s1. The number of rotatable bonds is 4. The molecule has 96 valence electrons. The Morgan fingerprint density at radius 2 is 2.00 bits per heavy atom. The van der Waals surface area contributed by atoms with E-state index in [1.165, 1.54) is 18.2 Å². The number of aromatic hydroxyl groups is 1. The van der Waals surface area contributed by atoms with Crippen LogP contribution >= 0.6 is 0 Å². The van der Waals surface area contributed by atoms with Crippen LogP contribution < -0.4 is 5.32 Å². The van der Waals surface area contributed by atoms with E-state index in [0.717, 1.165) is 5.76 Å². The topological polar surface area (TPSA) is 45.4 Å². The average molecular weight is 249 g/mol. The first kappa shape index (κ1) is 12.6. The summed E-state index contributed by atoms with van der Waals surface area (Å²) in [4.78, 5) is 0. The number of halogens is 1. The van der Waals surface area contributed by atoms with Gasteiger partial charge in [-0.05, 0) is 44.2 Å². The highest BCUT2D eigenvalue weighted by Gasteiger charge is 2.16. The van der Waals surface area contributed by atoms with E-state index >= 15 is 0 Å². The van der Waals surface area contributed by atoms with Crippen LogP contribution in [0.25, 0.3) is 0 Å². The lowest BCUT2D eigenvalue weighted by Crippen LogP contribution is -2.22. The second-order valence-electron chi connectivity index (χ2n) is 4.33. The van der Waals surface area contributed by atoms with Crippen LogP contribution in [0.5, 0.6) is 5.75 Å². The second kappa shape index (κ2) is 5.23. The Hall–Kier alpha value is -1.81. The van der Waals surface area contributed by atoms with Gasteiger partial charge in [-0.15, -0.1) is 0 Å². The maximum absolute atomic E-state index is 13.2. The van der Waals surface area contributed by atoms with Crippen molar-refractivity contribution in [2.24, 2.45) is 0 Å². The molecule has 0 fully saturated rings. The Morgan fingerprint density at radius 3 is 2.67 bits per heavy atom. The van der Waals surface area contributed by atoms with Crippen molar-refractivity contribution >= 4 is 0 Å². The molecule has 0 aliphatic rings. The van der Waals surface area contributed by atoms with Crippen LogP contribution in [-0.2, 0) is 0 Å². The molecule has 0 bridgehead atoms. The van der Waals surface area contributed by atoms with Gasteiger partial charge in [-0.1, -0.05) is 0 Å². The smallest absolute Gasteiger partial charge is 0.123 e. The monoisotopic (exact) mass is 249 g/mol. The van der Waals surface area contributed by atoms with Crippen molar-refractivity contribution in [1.82, 2.24) is 5.32 Å². The molecule has 0 radical (unpaired) electrons. The van der Waals surface area contributed by atoms with Gasteiger partial charge in [-0.25, -0.2) is 4.39 Å². The Kier molecular flexibility index (Phi) is 3.67. The molecule has 0 saturated carbocycles. The third kappa shape index (κ3) is 2.71. The summed E-state index contributed by atoms with van der Waals surface area (Å²) in [6.45, 7) is 3.82. The van der Waals surface area contributed by atoms with Crippen molar-refractivity contribution < 1.29 is 13.9 Å². The van der Waals surface area contributed by atoms with Gasteiger partial charge < -0.3 is 14.8 Å². The first-order valence-corrected chi connectivity index (χ1v) is 5.86. The molecular formula is C14H16FNO2. The molecule has 4 heteroatoms. The van der Waals surface area contributed by atoms with Gasteiger partial charge in [0.2, 0.25) is 0 Å². The molecule has 2 rings (SSSR count). The number of benzene rings is 1. The van der Waals surface area contributed by atoms with Gasteiger partial charge in [0.15, 0.2) is 0 Å². The summed E-state index contributed by atoms with van der Waals surface area (Å²) >= 11 is 0. The molecular weight excluding hydrogens is 233 g/mol. The highest BCUT2D eigenvalue weighted by atomic mass is 19.1. The van der Waals surface area contributed by atoms with Crippen LogP contribution in [0.2, 0.25) is 0 Å². The van der Waals surface area contributed by atoms with Crippen molar-refractivity contribution in [3.63, 3.8) is 0 Å². The predicted molar refractivity (Wildman–Crippen MR) is 66.7 cm³/mol. The summed E-state index contributed by atoms with van der Waals surface area (Å²) in [5.74, 6) is 0.530. The third-order valence-electron chi connectivity index (χ3n) is 2.93. The highest BCUT2D eigenvalue weighted by molar-refractivity contribution is 5.35. The van der Waals surface area contributed by atoms with Gasteiger partial charge >= 0.3 is 0 Å². The fourth-order valence-corrected chi connectivity index (χ4v) is 1.96. The second-order valence-corrected chi connectivity index (χ2v) is 4.33. The molecule has 1 heterocycles. The molecule has 3 nitrogen and oxygen atoms in total. The first-order valence-electron chi connectivity index (χ1n) is 5.86. The van der Waals surface area contributed by atoms with Crippen molar-refractivity contribution in [1.29, 1.82) is 0 Å². The number of phenolic OH excluding ortho intramolecular Hbond substituents is 1. The fraction of sp³-hybridized carbons (Fsp3) is 0.286. The number of hydrogen-bond acceptors (Lipinski definition) is 3. The number of nitrogens with one attached hydrogen (secondary N) is 1. The first-order chi connectivity index (χ1) is 8.58. The zero-order chi connectivity index (χ0) is 13.1. The molecule has 1 aromatic carbocycles. The van der Waals surface area contributed by atoms with E-state index in [1.807, 2.05) is 26.0 Å². The Bertz CT molecular complexity index is 511. The van der Waals surface area contributed by atoms with E-state index in [1.54, 1.807) is 6.26 Å². The van der Waals surface area contributed by atoms with E-state index in [0.29, 0.717) is 5.56 Å². The lowest BCUT2D eigenvalue weighted by Gasteiger charge is -2.19. The molecule has 1 aromatic heterocycles. The summed E-state index contributed by atoms with van der Waals surface area (Å²) in [6.07, 6.45) is 1.61. The SMILES string of the molecule is CC(N[C@@H](C)c1ccco1)c1cc(F)ccc1O.